The van der Waals surface area contributed by atoms with Crippen LogP contribution in [0, 0.1) is 13.8 Å². The van der Waals surface area contributed by atoms with Gasteiger partial charge in [0, 0.05) is 31.7 Å². The maximum Gasteiger partial charge on any atom is 0.295 e. The number of aryl methyl sites for hydroxylation is 2. The lowest BCUT2D eigenvalue weighted by molar-refractivity contribution is -0.140. The second kappa shape index (κ2) is 9.67. The van der Waals surface area contributed by atoms with Gasteiger partial charge >= 0.3 is 0 Å². The minimum atomic E-state index is -0.622. The largest absolute Gasteiger partial charge is 0.507 e. The van der Waals surface area contributed by atoms with Crippen LogP contribution >= 0.6 is 0 Å². The number of carbonyl (C=O) groups is 2. The third-order valence-electron chi connectivity index (χ3n) is 6.28. The number of aliphatic hydroxyl groups excluding tert-OH is 1. The van der Waals surface area contributed by atoms with Crippen molar-refractivity contribution in [2.24, 2.45) is 0 Å². The number of hydrogen-bond acceptors (Lipinski definition) is 5. The van der Waals surface area contributed by atoms with Crippen LogP contribution in [-0.4, -0.2) is 66.0 Å². The molecule has 1 unspecified atom stereocenters. The molecule has 1 amide bonds. The van der Waals surface area contributed by atoms with Crippen LogP contribution in [0.4, 0.5) is 0 Å². The number of ketones is 1. The number of hydrogen-bond donors (Lipinski definition) is 1. The molecule has 2 aliphatic heterocycles. The number of morpholine rings is 1. The first-order valence-corrected chi connectivity index (χ1v) is 11.2. The summed E-state index contributed by atoms with van der Waals surface area (Å²) in [4.78, 5) is 30.1. The van der Waals surface area contributed by atoms with Gasteiger partial charge in [-0.2, -0.15) is 0 Å². The number of aliphatic hydroxyl groups is 1. The Balaban J connectivity index is 1.68. The quantitative estimate of drug-likeness (QED) is 0.428. The van der Waals surface area contributed by atoms with Crippen LogP contribution in [0.5, 0.6) is 0 Å². The van der Waals surface area contributed by atoms with Crippen molar-refractivity contribution in [1.29, 1.82) is 0 Å². The average molecular weight is 435 g/mol. The molecule has 0 aromatic heterocycles. The van der Waals surface area contributed by atoms with Crippen LogP contribution in [0.2, 0.25) is 0 Å². The fraction of sp³-hybridized carbons (Fsp3) is 0.385. The van der Waals surface area contributed by atoms with Gasteiger partial charge < -0.3 is 14.7 Å². The summed E-state index contributed by atoms with van der Waals surface area (Å²) in [5, 5.41) is 11.3. The Morgan fingerprint density at radius 2 is 1.75 bits per heavy atom. The van der Waals surface area contributed by atoms with Crippen LogP contribution in [0.15, 0.2) is 54.1 Å². The van der Waals surface area contributed by atoms with E-state index in [0.29, 0.717) is 12.1 Å². The van der Waals surface area contributed by atoms with E-state index >= 15 is 0 Å². The molecule has 6 heteroatoms. The highest BCUT2D eigenvalue weighted by Crippen LogP contribution is 2.40. The zero-order chi connectivity index (χ0) is 22.7. The molecule has 2 aromatic carbocycles. The van der Waals surface area contributed by atoms with Crippen LogP contribution < -0.4 is 0 Å². The average Bonchev–Trinajstić information content (AvgIpc) is 3.06. The van der Waals surface area contributed by atoms with E-state index in [4.69, 9.17) is 4.74 Å². The maximum absolute atomic E-state index is 13.1. The number of likely N-dealkylation sites (tertiary alicyclic amines) is 1. The summed E-state index contributed by atoms with van der Waals surface area (Å²) < 4.78 is 5.40. The van der Waals surface area contributed by atoms with E-state index in [9.17, 15) is 14.7 Å². The van der Waals surface area contributed by atoms with E-state index in [-0.39, 0.29) is 11.3 Å². The molecule has 4 rings (SSSR count). The third kappa shape index (κ3) is 4.47. The number of amides is 1. The highest BCUT2D eigenvalue weighted by Gasteiger charge is 2.45. The van der Waals surface area contributed by atoms with E-state index in [2.05, 4.69) is 4.90 Å². The molecule has 2 aliphatic rings. The monoisotopic (exact) mass is 434 g/mol. The minimum Gasteiger partial charge on any atom is -0.507 e. The number of rotatable bonds is 6. The Morgan fingerprint density at radius 1 is 1.03 bits per heavy atom. The number of Topliss-reactive ketones (excluding diaryl/α,β-unsaturated/α-hetero) is 1. The van der Waals surface area contributed by atoms with Gasteiger partial charge in [-0.05, 0) is 37.5 Å². The fourth-order valence-electron chi connectivity index (χ4n) is 4.52. The maximum atomic E-state index is 13.1. The molecule has 2 heterocycles. The molecule has 0 bridgehead atoms. The molecule has 0 saturated carbocycles. The first-order chi connectivity index (χ1) is 15.5. The van der Waals surface area contributed by atoms with Crippen LogP contribution in [-0.2, 0) is 14.3 Å². The summed E-state index contributed by atoms with van der Waals surface area (Å²) in [7, 11) is 0. The van der Waals surface area contributed by atoms with Crippen molar-refractivity contribution in [3.63, 3.8) is 0 Å². The molecule has 32 heavy (non-hydrogen) atoms. The Bertz CT molecular complexity index is 1030. The van der Waals surface area contributed by atoms with Crippen molar-refractivity contribution in [1.82, 2.24) is 9.80 Å². The van der Waals surface area contributed by atoms with Gasteiger partial charge in [0.2, 0.25) is 0 Å². The van der Waals surface area contributed by atoms with Crippen molar-refractivity contribution < 1.29 is 19.4 Å². The van der Waals surface area contributed by atoms with Crippen molar-refractivity contribution in [2.75, 3.05) is 39.4 Å². The van der Waals surface area contributed by atoms with Gasteiger partial charge in [-0.15, -0.1) is 0 Å². The number of benzene rings is 2. The SMILES string of the molecule is Cc1ccc(C)c(/C(O)=C2\C(=O)C(=O)N(CCCN3CCOCC3)C2c2ccccc2)c1. The molecule has 0 aliphatic carbocycles. The first kappa shape index (κ1) is 22.2. The van der Waals surface area contributed by atoms with Gasteiger partial charge in [-0.3, -0.25) is 14.5 Å². The van der Waals surface area contributed by atoms with Gasteiger partial charge in [0.05, 0.1) is 24.8 Å². The van der Waals surface area contributed by atoms with E-state index < -0.39 is 17.7 Å². The summed E-state index contributed by atoms with van der Waals surface area (Å²) in [5.41, 5.74) is 3.43. The standard InChI is InChI=1S/C26H30N2O4/c1-18-9-10-19(2)21(17-18)24(29)22-23(20-7-4-3-5-8-20)28(26(31)25(22)30)12-6-11-27-13-15-32-16-14-27/h3-5,7-10,17,23,29H,6,11-16H2,1-2H3/b24-22+. The molecule has 0 spiro atoms. The number of carbonyl (C=O) groups excluding carboxylic acids is 2. The van der Waals surface area contributed by atoms with E-state index in [1.807, 2.05) is 62.4 Å². The van der Waals surface area contributed by atoms with Crippen LogP contribution in [0.3, 0.4) is 0 Å². The molecule has 1 atom stereocenters. The normalized spacial score (nSPS) is 21.3. The topological polar surface area (TPSA) is 70.1 Å². The zero-order valence-electron chi connectivity index (χ0n) is 18.7. The lowest BCUT2D eigenvalue weighted by Crippen LogP contribution is -2.38. The van der Waals surface area contributed by atoms with Crippen molar-refractivity contribution >= 4 is 17.4 Å². The lowest BCUT2D eigenvalue weighted by atomic mass is 9.93. The van der Waals surface area contributed by atoms with E-state index in [1.54, 1.807) is 4.90 Å². The van der Waals surface area contributed by atoms with Gasteiger partial charge in [0.15, 0.2) is 0 Å². The smallest absolute Gasteiger partial charge is 0.295 e. The van der Waals surface area contributed by atoms with Gasteiger partial charge in [-0.25, -0.2) is 0 Å². The lowest BCUT2D eigenvalue weighted by Gasteiger charge is -2.29. The van der Waals surface area contributed by atoms with Crippen molar-refractivity contribution in [3.8, 4) is 0 Å². The van der Waals surface area contributed by atoms with Gasteiger partial charge in [0.25, 0.3) is 11.7 Å². The molecule has 0 radical (unpaired) electrons. The first-order valence-electron chi connectivity index (χ1n) is 11.2. The highest BCUT2D eigenvalue weighted by atomic mass is 16.5. The minimum absolute atomic E-state index is 0.103. The summed E-state index contributed by atoms with van der Waals surface area (Å²) in [5.74, 6) is -1.27. The molecule has 168 valence electrons. The van der Waals surface area contributed by atoms with Crippen LogP contribution in [0.1, 0.15) is 34.7 Å². The molecular weight excluding hydrogens is 404 g/mol. The highest BCUT2D eigenvalue weighted by molar-refractivity contribution is 6.46. The fourth-order valence-corrected chi connectivity index (χ4v) is 4.52. The van der Waals surface area contributed by atoms with E-state index in [0.717, 1.165) is 56.0 Å². The van der Waals surface area contributed by atoms with Crippen molar-refractivity contribution in [3.05, 3.63) is 76.4 Å². The molecule has 2 fully saturated rings. The van der Waals surface area contributed by atoms with E-state index in [1.165, 1.54) is 0 Å². The predicted molar refractivity (Wildman–Crippen MR) is 123 cm³/mol. The molecule has 1 N–H and O–H groups in total. The number of ether oxygens (including phenoxy) is 1. The molecule has 2 saturated heterocycles. The predicted octanol–water partition coefficient (Wildman–Crippen LogP) is 3.45. The second-order valence-electron chi connectivity index (χ2n) is 8.53. The van der Waals surface area contributed by atoms with Crippen molar-refractivity contribution in [2.45, 2.75) is 26.3 Å². The Labute approximate surface area is 189 Å². The summed E-state index contributed by atoms with van der Waals surface area (Å²) in [6.07, 6.45) is 0.750. The molecule has 6 nitrogen and oxygen atoms in total. The van der Waals surface area contributed by atoms with Gasteiger partial charge in [0.1, 0.15) is 5.76 Å². The summed E-state index contributed by atoms with van der Waals surface area (Å²) in [6.45, 7) is 8.34. The number of nitrogens with zero attached hydrogens (tertiary/aromatic N) is 2. The zero-order valence-corrected chi connectivity index (χ0v) is 18.7. The third-order valence-corrected chi connectivity index (χ3v) is 6.28. The Hall–Kier alpha value is -2.96. The summed E-state index contributed by atoms with van der Waals surface area (Å²) in [6, 6.07) is 14.6. The summed E-state index contributed by atoms with van der Waals surface area (Å²) >= 11 is 0. The Kier molecular flexibility index (Phi) is 6.72. The second-order valence-corrected chi connectivity index (χ2v) is 8.53. The molecule has 2 aromatic rings. The van der Waals surface area contributed by atoms with Gasteiger partial charge in [-0.1, -0.05) is 48.0 Å². The molecular formula is C26H30N2O4. The van der Waals surface area contributed by atoms with Crippen LogP contribution in [0.25, 0.3) is 5.76 Å². The Morgan fingerprint density at radius 3 is 2.47 bits per heavy atom.